The van der Waals surface area contributed by atoms with Crippen molar-refractivity contribution in [2.24, 2.45) is 0 Å². The Morgan fingerprint density at radius 1 is 1.20 bits per heavy atom. The second-order valence-electron chi connectivity index (χ2n) is 5.89. The maximum Gasteiger partial charge on any atom is 0.265 e. The minimum Gasteiger partial charge on any atom is -0.337 e. The quantitative estimate of drug-likeness (QED) is 0.702. The molecule has 0 N–H and O–H groups in total. The van der Waals surface area contributed by atoms with Gasteiger partial charge in [0.1, 0.15) is 4.88 Å². The zero-order chi connectivity index (χ0) is 17.2. The molecule has 126 valence electrons. The van der Waals surface area contributed by atoms with Gasteiger partial charge in [-0.15, -0.1) is 11.3 Å². The van der Waals surface area contributed by atoms with Crippen molar-refractivity contribution in [2.45, 2.75) is 12.3 Å². The van der Waals surface area contributed by atoms with Crippen LogP contribution in [0.15, 0.2) is 48.9 Å². The minimum absolute atomic E-state index is 0.0178. The van der Waals surface area contributed by atoms with Crippen molar-refractivity contribution in [3.05, 3.63) is 64.4 Å². The first kappa shape index (κ1) is 16.2. The molecule has 0 bridgehead atoms. The first-order valence-electron chi connectivity index (χ1n) is 7.98. The molecule has 3 aromatic rings. The van der Waals surface area contributed by atoms with Crippen LogP contribution in [0.4, 0.5) is 0 Å². The van der Waals surface area contributed by atoms with Crippen LogP contribution in [0.3, 0.4) is 0 Å². The van der Waals surface area contributed by atoms with Crippen molar-refractivity contribution < 1.29 is 4.79 Å². The molecular weight excluding hydrogens is 356 g/mol. The third-order valence-corrected chi connectivity index (χ3v) is 5.49. The Kier molecular flexibility index (Phi) is 4.46. The van der Waals surface area contributed by atoms with Crippen molar-refractivity contribution in [3.8, 4) is 10.8 Å². The molecule has 0 aliphatic carbocycles. The summed E-state index contributed by atoms with van der Waals surface area (Å²) < 4.78 is 0. The number of thiazole rings is 1. The maximum atomic E-state index is 12.8. The van der Waals surface area contributed by atoms with Crippen LogP contribution in [0.2, 0.25) is 5.02 Å². The van der Waals surface area contributed by atoms with Crippen molar-refractivity contribution in [3.63, 3.8) is 0 Å². The molecule has 7 heteroatoms. The average Bonchev–Trinajstić information content (AvgIpc) is 3.32. The van der Waals surface area contributed by atoms with Gasteiger partial charge in [-0.1, -0.05) is 23.7 Å². The maximum absolute atomic E-state index is 12.8. The number of hydrogen-bond donors (Lipinski definition) is 0. The van der Waals surface area contributed by atoms with E-state index in [0.717, 1.165) is 18.0 Å². The summed E-state index contributed by atoms with van der Waals surface area (Å²) >= 11 is 7.41. The van der Waals surface area contributed by atoms with Crippen molar-refractivity contribution in [1.29, 1.82) is 0 Å². The van der Waals surface area contributed by atoms with Gasteiger partial charge in [0.15, 0.2) is 10.8 Å². The summed E-state index contributed by atoms with van der Waals surface area (Å²) in [5.74, 6) is 0.890. The number of aromatic nitrogens is 3. The van der Waals surface area contributed by atoms with Gasteiger partial charge in [0.2, 0.25) is 0 Å². The Morgan fingerprint density at radius 3 is 2.84 bits per heavy atom. The van der Waals surface area contributed by atoms with Gasteiger partial charge in [0.05, 0.1) is 6.20 Å². The van der Waals surface area contributed by atoms with Gasteiger partial charge in [-0.05, 0) is 30.2 Å². The number of halogens is 1. The van der Waals surface area contributed by atoms with E-state index in [1.807, 2.05) is 23.1 Å². The number of nitrogens with zero attached hydrogens (tertiary/aromatic N) is 4. The standard InChI is InChI=1S/C18H15ClN4OS/c19-14-4-1-3-12(9-14)13-5-8-23(11-13)18(24)15-10-22-17(25-15)16-20-6-2-7-21-16/h1-4,6-7,9-10,13H,5,8,11H2. The lowest BCUT2D eigenvalue weighted by Crippen LogP contribution is -2.27. The molecule has 1 unspecified atom stereocenters. The zero-order valence-electron chi connectivity index (χ0n) is 13.3. The van der Waals surface area contributed by atoms with Crippen molar-refractivity contribution in [2.75, 3.05) is 13.1 Å². The number of carbonyl (C=O) groups is 1. The summed E-state index contributed by atoms with van der Waals surface area (Å²) in [5, 5.41) is 1.40. The summed E-state index contributed by atoms with van der Waals surface area (Å²) in [7, 11) is 0. The van der Waals surface area contributed by atoms with Gasteiger partial charge in [-0.2, -0.15) is 0 Å². The van der Waals surface area contributed by atoms with Crippen LogP contribution in [0.1, 0.15) is 27.6 Å². The molecule has 3 heterocycles. The van der Waals surface area contributed by atoms with Gasteiger partial charge >= 0.3 is 0 Å². The van der Waals surface area contributed by atoms with E-state index in [2.05, 4.69) is 21.0 Å². The van der Waals surface area contributed by atoms with E-state index in [-0.39, 0.29) is 5.91 Å². The summed E-state index contributed by atoms with van der Waals surface area (Å²) in [6.45, 7) is 1.44. The molecule has 1 aliphatic rings. The van der Waals surface area contributed by atoms with Gasteiger partial charge in [-0.3, -0.25) is 4.79 Å². The van der Waals surface area contributed by atoms with Crippen LogP contribution >= 0.6 is 22.9 Å². The van der Waals surface area contributed by atoms with E-state index in [0.29, 0.717) is 28.2 Å². The minimum atomic E-state index is 0.0178. The highest BCUT2D eigenvalue weighted by Crippen LogP contribution is 2.31. The van der Waals surface area contributed by atoms with Crippen LogP contribution in [0.5, 0.6) is 0 Å². The largest absolute Gasteiger partial charge is 0.337 e. The highest BCUT2D eigenvalue weighted by atomic mass is 35.5. The Hall–Kier alpha value is -2.31. The number of carbonyl (C=O) groups excluding carboxylic acids is 1. The van der Waals surface area contributed by atoms with Gasteiger partial charge in [0.25, 0.3) is 5.91 Å². The molecule has 1 fully saturated rings. The molecule has 1 saturated heterocycles. The molecule has 2 aromatic heterocycles. The SMILES string of the molecule is O=C(c1cnc(-c2ncccn2)s1)N1CCC(c2cccc(Cl)c2)C1. The fourth-order valence-electron chi connectivity index (χ4n) is 3.02. The monoisotopic (exact) mass is 370 g/mol. The normalized spacial score (nSPS) is 17.0. The molecule has 0 radical (unpaired) electrons. The molecule has 1 amide bonds. The Balaban J connectivity index is 1.48. The molecule has 1 aliphatic heterocycles. The predicted molar refractivity (Wildman–Crippen MR) is 97.9 cm³/mol. The summed E-state index contributed by atoms with van der Waals surface area (Å²) in [6.07, 6.45) is 5.90. The van der Waals surface area contributed by atoms with E-state index < -0.39 is 0 Å². The molecule has 25 heavy (non-hydrogen) atoms. The second-order valence-corrected chi connectivity index (χ2v) is 7.36. The lowest BCUT2D eigenvalue weighted by Gasteiger charge is -2.15. The molecular formula is C18H15ClN4OS. The average molecular weight is 371 g/mol. The third kappa shape index (κ3) is 3.41. The first-order chi connectivity index (χ1) is 12.2. The van der Waals surface area contributed by atoms with Gasteiger partial charge < -0.3 is 4.90 Å². The van der Waals surface area contributed by atoms with Crippen LogP contribution in [-0.4, -0.2) is 38.8 Å². The predicted octanol–water partition coefficient (Wildman–Crippen LogP) is 3.88. The summed E-state index contributed by atoms with van der Waals surface area (Å²) in [6, 6.07) is 9.63. The van der Waals surface area contributed by atoms with Crippen LogP contribution in [0, 0.1) is 0 Å². The summed E-state index contributed by atoms with van der Waals surface area (Å²) in [5.41, 5.74) is 1.19. The molecule has 4 rings (SSSR count). The topological polar surface area (TPSA) is 59.0 Å². The smallest absolute Gasteiger partial charge is 0.265 e. The number of hydrogen-bond acceptors (Lipinski definition) is 5. The molecule has 0 spiro atoms. The highest BCUT2D eigenvalue weighted by molar-refractivity contribution is 7.16. The molecule has 1 aromatic carbocycles. The third-order valence-electron chi connectivity index (χ3n) is 4.27. The first-order valence-corrected chi connectivity index (χ1v) is 9.18. The zero-order valence-corrected chi connectivity index (χ0v) is 14.9. The van der Waals surface area contributed by atoms with Crippen molar-refractivity contribution >= 4 is 28.8 Å². The second kappa shape index (κ2) is 6.90. The van der Waals surface area contributed by atoms with E-state index in [1.165, 1.54) is 16.9 Å². The van der Waals surface area contributed by atoms with E-state index in [1.54, 1.807) is 24.7 Å². The molecule has 0 saturated carbocycles. The van der Waals surface area contributed by atoms with Gasteiger partial charge in [-0.25, -0.2) is 15.0 Å². The van der Waals surface area contributed by atoms with Crippen LogP contribution < -0.4 is 0 Å². The van der Waals surface area contributed by atoms with E-state index >= 15 is 0 Å². The number of likely N-dealkylation sites (tertiary alicyclic amines) is 1. The number of amides is 1. The lowest BCUT2D eigenvalue weighted by molar-refractivity contribution is 0.0795. The Labute approximate surface area is 154 Å². The molecule has 1 atom stereocenters. The Morgan fingerprint density at radius 2 is 2.04 bits per heavy atom. The highest BCUT2D eigenvalue weighted by Gasteiger charge is 2.29. The lowest BCUT2D eigenvalue weighted by atomic mass is 9.99. The van der Waals surface area contributed by atoms with Crippen LogP contribution in [0.25, 0.3) is 10.8 Å². The Bertz CT molecular complexity index is 899. The van der Waals surface area contributed by atoms with E-state index in [9.17, 15) is 4.79 Å². The summed E-state index contributed by atoms with van der Waals surface area (Å²) in [4.78, 5) is 27.9. The van der Waals surface area contributed by atoms with Crippen molar-refractivity contribution in [1.82, 2.24) is 19.9 Å². The van der Waals surface area contributed by atoms with Gasteiger partial charge in [0, 0.05) is 36.4 Å². The van der Waals surface area contributed by atoms with Crippen LogP contribution in [-0.2, 0) is 0 Å². The van der Waals surface area contributed by atoms with E-state index in [4.69, 9.17) is 11.6 Å². The number of benzene rings is 1. The molecule has 5 nitrogen and oxygen atoms in total. The fraction of sp³-hybridized carbons (Fsp3) is 0.222. The fourth-order valence-corrected chi connectivity index (χ4v) is 4.05. The number of rotatable bonds is 3.